The van der Waals surface area contributed by atoms with Gasteiger partial charge in [0.15, 0.2) is 17.4 Å². The first kappa shape index (κ1) is 19.3. The largest absolute Gasteiger partial charge is 0.492 e. The number of benzene rings is 1. The third kappa shape index (κ3) is 5.24. The first-order valence-corrected chi connectivity index (χ1v) is 9.24. The highest BCUT2D eigenvalue weighted by Gasteiger charge is 2.06. The number of aromatic nitrogens is 3. The van der Waals surface area contributed by atoms with E-state index < -0.39 is 0 Å². The third-order valence-electron chi connectivity index (χ3n) is 3.79. The molecule has 9 heteroatoms. The van der Waals surface area contributed by atoms with E-state index in [1.54, 1.807) is 25.2 Å². The highest BCUT2D eigenvalue weighted by atomic mass is 35.5. The molecule has 2 heterocycles. The Morgan fingerprint density at radius 2 is 2.07 bits per heavy atom. The van der Waals surface area contributed by atoms with Crippen molar-refractivity contribution in [2.75, 3.05) is 20.2 Å². The molecule has 1 aromatic carbocycles. The van der Waals surface area contributed by atoms with Gasteiger partial charge in [-0.3, -0.25) is 9.39 Å². The zero-order valence-corrected chi connectivity index (χ0v) is 16.3. The number of rotatable bonds is 7. The number of halogens is 2. The first-order valence-electron chi connectivity index (χ1n) is 8.48. The van der Waals surface area contributed by atoms with E-state index in [9.17, 15) is 0 Å². The molecule has 0 spiro atoms. The molecule has 0 radical (unpaired) electrons. The van der Waals surface area contributed by atoms with E-state index in [1.165, 1.54) is 0 Å². The lowest BCUT2D eigenvalue weighted by Gasteiger charge is -2.12. The van der Waals surface area contributed by atoms with Crippen molar-refractivity contribution >= 4 is 34.8 Å². The Labute approximate surface area is 167 Å². The Kier molecular flexibility index (Phi) is 6.73. The highest BCUT2D eigenvalue weighted by molar-refractivity contribution is 6.35. The minimum absolute atomic E-state index is 0.508. The number of guanidine groups is 1. The molecule has 3 aromatic rings. The highest BCUT2D eigenvalue weighted by Crippen LogP contribution is 2.27. The number of hydrogen-bond acceptors (Lipinski definition) is 4. The van der Waals surface area contributed by atoms with Gasteiger partial charge in [0, 0.05) is 24.8 Å². The number of aliphatic imine (C=N–C) groups is 1. The maximum absolute atomic E-state index is 6.08. The number of ether oxygens (including phenoxy) is 1. The van der Waals surface area contributed by atoms with Crippen LogP contribution in [0.2, 0.25) is 10.0 Å². The Balaban J connectivity index is 1.40. The van der Waals surface area contributed by atoms with Gasteiger partial charge < -0.3 is 15.4 Å². The second-order valence-electron chi connectivity index (χ2n) is 5.67. The molecule has 0 atom stereocenters. The third-order valence-corrected chi connectivity index (χ3v) is 4.32. The van der Waals surface area contributed by atoms with E-state index in [2.05, 4.69) is 25.8 Å². The van der Waals surface area contributed by atoms with Crippen molar-refractivity contribution in [3.05, 3.63) is 58.5 Å². The molecule has 27 heavy (non-hydrogen) atoms. The summed E-state index contributed by atoms with van der Waals surface area (Å²) in [6.45, 7) is 1.74. The van der Waals surface area contributed by atoms with Crippen LogP contribution >= 0.6 is 23.2 Å². The van der Waals surface area contributed by atoms with Gasteiger partial charge in [-0.25, -0.2) is 0 Å². The molecule has 0 saturated carbocycles. The summed E-state index contributed by atoms with van der Waals surface area (Å²) in [6, 6.07) is 11.0. The van der Waals surface area contributed by atoms with Crippen LogP contribution in [0, 0.1) is 0 Å². The minimum atomic E-state index is 0.508. The first-order chi connectivity index (χ1) is 13.2. The molecule has 3 rings (SSSR count). The van der Waals surface area contributed by atoms with Gasteiger partial charge in [0.25, 0.3) is 0 Å². The predicted molar refractivity (Wildman–Crippen MR) is 108 cm³/mol. The van der Waals surface area contributed by atoms with Crippen LogP contribution in [0.15, 0.2) is 47.6 Å². The molecular formula is C18H20Cl2N6O. The Bertz CT molecular complexity index is 927. The quantitative estimate of drug-likeness (QED) is 0.358. The summed E-state index contributed by atoms with van der Waals surface area (Å²) in [6.07, 6.45) is 2.72. The molecule has 0 amide bonds. The maximum atomic E-state index is 6.08. The van der Waals surface area contributed by atoms with Gasteiger partial charge in [-0.05, 0) is 36.8 Å². The zero-order valence-electron chi connectivity index (χ0n) is 14.8. The lowest BCUT2D eigenvalue weighted by molar-refractivity contribution is 0.311. The molecule has 0 aliphatic heterocycles. The van der Waals surface area contributed by atoms with Gasteiger partial charge in [0.2, 0.25) is 0 Å². The van der Waals surface area contributed by atoms with E-state index in [-0.39, 0.29) is 0 Å². The molecule has 142 valence electrons. The van der Waals surface area contributed by atoms with E-state index >= 15 is 0 Å². The van der Waals surface area contributed by atoms with Gasteiger partial charge >= 0.3 is 0 Å². The molecule has 0 bridgehead atoms. The summed E-state index contributed by atoms with van der Waals surface area (Å²) in [5, 5.41) is 15.9. The van der Waals surface area contributed by atoms with Crippen LogP contribution in [0.3, 0.4) is 0 Å². The van der Waals surface area contributed by atoms with Gasteiger partial charge in [0.05, 0.1) is 18.2 Å². The van der Waals surface area contributed by atoms with Crippen LogP contribution in [0.5, 0.6) is 5.75 Å². The van der Waals surface area contributed by atoms with Crippen LogP contribution in [-0.2, 0) is 6.54 Å². The number of nitrogens with zero attached hydrogens (tertiary/aromatic N) is 4. The molecule has 7 nitrogen and oxygen atoms in total. The van der Waals surface area contributed by atoms with E-state index in [0.29, 0.717) is 41.5 Å². The van der Waals surface area contributed by atoms with Gasteiger partial charge in [-0.1, -0.05) is 29.3 Å². The number of fused-ring (bicyclic) bond motifs is 1. The lowest BCUT2D eigenvalue weighted by Crippen LogP contribution is -2.38. The monoisotopic (exact) mass is 406 g/mol. The molecule has 0 unspecified atom stereocenters. The van der Waals surface area contributed by atoms with Crippen LogP contribution in [0.1, 0.15) is 12.2 Å². The minimum Gasteiger partial charge on any atom is -0.492 e. The number of hydrogen-bond donors (Lipinski definition) is 2. The summed E-state index contributed by atoms with van der Waals surface area (Å²) in [5.41, 5.74) is 0.815. The van der Waals surface area contributed by atoms with Crippen LogP contribution in [0.25, 0.3) is 5.65 Å². The fourth-order valence-electron chi connectivity index (χ4n) is 2.45. The Morgan fingerprint density at radius 3 is 2.89 bits per heavy atom. The van der Waals surface area contributed by atoms with Gasteiger partial charge in [-0.2, -0.15) is 0 Å². The Hall–Kier alpha value is -2.51. The molecule has 0 saturated heterocycles. The number of pyridine rings is 1. The van der Waals surface area contributed by atoms with Crippen molar-refractivity contribution in [1.82, 2.24) is 25.2 Å². The fraction of sp³-hybridized carbons (Fsp3) is 0.278. The average molecular weight is 407 g/mol. The number of nitrogens with one attached hydrogen (secondary N) is 2. The second kappa shape index (κ2) is 9.43. The van der Waals surface area contributed by atoms with Crippen molar-refractivity contribution < 1.29 is 4.74 Å². The van der Waals surface area contributed by atoms with Crippen molar-refractivity contribution in [3.63, 3.8) is 0 Å². The summed E-state index contributed by atoms with van der Waals surface area (Å²) in [7, 11) is 1.72. The summed E-state index contributed by atoms with van der Waals surface area (Å²) < 4.78 is 7.60. The molecule has 0 aliphatic carbocycles. The van der Waals surface area contributed by atoms with Crippen LogP contribution in [-0.4, -0.2) is 40.8 Å². The summed E-state index contributed by atoms with van der Waals surface area (Å²) in [5.74, 6) is 2.13. The average Bonchev–Trinajstić information content (AvgIpc) is 3.08. The normalized spacial score (nSPS) is 11.6. The molecule has 0 fully saturated rings. The smallest absolute Gasteiger partial charge is 0.191 e. The topological polar surface area (TPSA) is 75.8 Å². The zero-order chi connectivity index (χ0) is 19.1. The summed E-state index contributed by atoms with van der Waals surface area (Å²) >= 11 is 11.9. The van der Waals surface area contributed by atoms with E-state index in [1.807, 2.05) is 28.8 Å². The van der Waals surface area contributed by atoms with Crippen LogP contribution < -0.4 is 15.4 Å². The van der Waals surface area contributed by atoms with E-state index in [0.717, 1.165) is 17.9 Å². The predicted octanol–water partition coefficient (Wildman–Crippen LogP) is 3.17. The standard InChI is InChI=1S/C18H20Cl2N6O/c1-21-18(23-12-17-25-24-16-5-2-3-9-26(16)17)22-8-4-10-27-15-7-6-13(19)11-14(15)20/h2-3,5-7,9,11H,4,8,10,12H2,1H3,(H2,21,22,23). The summed E-state index contributed by atoms with van der Waals surface area (Å²) in [4.78, 5) is 4.21. The molecule has 2 N–H and O–H groups in total. The lowest BCUT2D eigenvalue weighted by atomic mass is 10.3. The molecular weight excluding hydrogens is 387 g/mol. The fourth-order valence-corrected chi connectivity index (χ4v) is 2.91. The Morgan fingerprint density at radius 1 is 1.19 bits per heavy atom. The second-order valence-corrected chi connectivity index (χ2v) is 6.52. The molecule has 2 aromatic heterocycles. The van der Waals surface area contributed by atoms with Crippen molar-refractivity contribution in [3.8, 4) is 5.75 Å². The van der Waals surface area contributed by atoms with Crippen molar-refractivity contribution in [2.24, 2.45) is 4.99 Å². The van der Waals surface area contributed by atoms with Crippen molar-refractivity contribution in [2.45, 2.75) is 13.0 Å². The van der Waals surface area contributed by atoms with Gasteiger partial charge in [-0.15, -0.1) is 10.2 Å². The molecule has 0 aliphatic rings. The maximum Gasteiger partial charge on any atom is 0.191 e. The van der Waals surface area contributed by atoms with E-state index in [4.69, 9.17) is 27.9 Å². The van der Waals surface area contributed by atoms with Crippen LogP contribution in [0.4, 0.5) is 0 Å². The van der Waals surface area contributed by atoms with Crippen molar-refractivity contribution in [1.29, 1.82) is 0 Å². The SMILES string of the molecule is CN=C(NCCCOc1ccc(Cl)cc1Cl)NCc1nnc2ccccn12. The van der Waals surface area contributed by atoms with Gasteiger partial charge in [0.1, 0.15) is 5.75 Å².